The van der Waals surface area contributed by atoms with Crippen molar-refractivity contribution in [3.8, 4) is 5.75 Å². The van der Waals surface area contributed by atoms with Gasteiger partial charge in [0.25, 0.3) is 0 Å². The molecule has 0 N–H and O–H groups in total. The number of nitrogens with zero attached hydrogens (tertiary/aromatic N) is 1. The molecule has 0 fully saturated rings. The van der Waals surface area contributed by atoms with Crippen molar-refractivity contribution in [2.45, 2.75) is 26.8 Å². The number of ether oxygens (including phenoxy) is 1. The molecule has 0 aliphatic heterocycles. The first-order valence-corrected chi connectivity index (χ1v) is 7.60. The minimum absolute atomic E-state index is 0.662. The van der Waals surface area contributed by atoms with Gasteiger partial charge in [0.2, 0.25) is 0 Å². The fourth-order valence-electron chi connectivity index (χ4n) is 2.07. The van der Waals surface area contributed by atoms with Crippen LogP contribution in [0.5, 0.6) is 5.75 Å². The topological polar surface area (TPSA) is 14.2 Å². The van der Waals surface area contributed by atoms with E-state index in [0.717, 1.165) is 30.7 Å². The molecular formula is C15H20BrNO. The highest BCUT2D eigenvalue weighted by Gasteiger charge is 2.04. The van der Waals surface area contributed by atoms with Crippen LogP contribution in [0.15, 0.2) is 30.5 Å². The van der Waals surface area contributed by atoms with Gasteiger partial charge in [-0.25, -0.2) is 0 Å². The highest BCUT2D eigenvalue weighted by atomic mass is 79.9. The molecule has 0 unspecified atom stereocenters. The molecule has 0 atom stereocenters. The maximum atomic E-state index is 5.71. The Kier molecular flexibility index (Phi) is 4.70. The third-order valence-electron chi connectivity index (χ3n) is 2.85. The lowest BCUT2D eigenvalue weighted by molar-refractivity contribution is 0.319. The Bertz CT molecular complexity index is 504. The summed E-state index contributed by atoms with van der Waals surface area (Å²) in [5.41, 5.74) is 1.29. The SMILES string of the molecule is CC(C)Cn1ccc2cc(OCCCBr)ccc21. The lowest BCUT2D eigenvalue weighted by Crippen LogP contribution is -2.02. The summed E-state index contributed by atoms with van der Waals surface area (Å²) in [4.78, 5) is 0. The number of halogens is 1. The summed E-state index contributed by atoms with van der Waals surface area (Å²) in [5, 5.41) is 2.24. The summed E-state index contributed by atoms with van der Waals surface area (Å²) in [6.07, 6.45) is 3.19. The summed E-state index contributed by atoms with van der Waals surface area (Å²) in [5.74, 6) is 1.63. The van der Waals surface area contributed by atoms with Crippen molar-refractivity contribution < 1.29 is 4.74 Å². The van der Waals surface area contributed by atoms with E-state index >= 15 is 0 Å². The van der Waals surface area contributed by atoms with Crippen LogP contribution in [0, 0.1) is 5.92 Å². The second kappa shape index (κ2) is 6.28. The molecule has 3 heteroatoms. The highest BCUT2D eigenvalue weighted by Crippen LogP contribution is 2.23. The van der Waals surface area contributed by atoms with Gasteiger partial charge in [-0.3, -0.25) is 0 Å². The molecule has 1 aromatic heterocycles. The average Bonchev–Trinajstić information content (AvgIpc) is 2.72. The maximum absolute atomic E-state index is 5.71. The largest absolute Gasteiger partial charge is 0.494 e. The minimum atomic E-state index is 0.662. The van der Waals surface area contributed by atoms with Crippen molar-refractivity contribution in [3.05, 3.63) is 30.5 Å². The van der Waals surface area contributed by atoms with Gasteiger partial charge in [0.05, 0.1) is 6.61 Å². The normalized spacial score (nSPS) is 11.3. The Morgan fingerprint density at radius 3 is 2.83 bits per heavy atom. The molecule has 0 saturated carbocycles. The zero-order chi connectivity index (χ0) is 13.0. The van der Waals surface area contributed by atoms with Crippen LogP contribution in [0.25, 0.3) is 10.9 Å². The van der Waals surface area contributed by atoms with Gasteiger partial charge < -0.3 is 9.30 Å². The number of fused-ring (bicyclic) bond motifs is 1. The zero-order valence-corrected chi connectivity index (χ0v) is 12.6. The van der Waals surface area contributed by atoms with Crippen LogP contribution in [0.2, 0.25) is 0 Å². The Hall–Kier alpha value is -0.960. The van der Waals surface area contributed by atoms with E-state index in [1.54, 1.807) is 0 Å². The van der Waals surface area contributed by atoms with E-state index in [1.165, 1.54) is 10.9 Å². The van der Waals surface area contributed by atoms with Crippen LogP contribution in [-0.2, 0) is 6.54 Å². The number of hydrogen-bond donors (Lipinski definition) is 0. The van der Waals surface area contributed by atoms with Crippen molar-refractivity contribution in [1.29, 1.82) is 0 Å². The summed E-state index contributed by atoms with van der Waals surface area (Å²) in [6.45, 7) is 6.31. The molecule has 98 valence electrons. The van der Waals surface area contributed by atoms with Crippen molar-refractivity contribution in [3.63, 3.8) is 0 Å². The molecule has 1 heterocycles. The summed E-state index contributed by atoms with van der Waals surface area (Å²) in [6, 6.07) is 8.50. The molecule has 0 saturated heterocycles. The van der Waals surface area contributed by atoms with E-state index in [2.05, 4.69) is 64.8 Å². The Balaban J connectivity index is 2.15. The maximum Gasteiger partial charge on any atom is 0.120 e. The minimum Gasteiger partial charge on any atom is -0.494 e. The Labute approximate surface area is 117 Å². The van der Waals surface area contributed by atoms with E-state index in [1.807, 2.05) is 0 Å². The molecule has 2 rings (SSSR count). The van der Waals surface area contributed by atoms with Gasteiger partial charge in [0.1, 0.15) is 5.75 Å². The fourth-order valence-corrected chi connectivity index (χ4v) is 2.29. The molecule has 2 nitrogen and oxygen atoms in total. The summed E-state index contributed by atoms with van der Waals surface area (Å²) < 4.78 is 8.01. The first-order valence-electron chi connectivity index (χ1n) is 6.48. The molecule has 0 radical (unpaired) electrons. The number of benzene rings is 1. The molecule has 0 spiro atoms. The van der Waals surface area contributed by atoms with E-state index in [0.29, 0.717) is 5.92 Å². The lowest BCUT2D eigenvalue weighted by atomic mass is 10.2. The van der Waals surface area contributed by atoms with Crippen LogP contribution in [-0.4, -0.2) is 16.5 Å². The van der Waals surface area contributed by atoms with Crippen LogP contribution < -0.4 is 4.74 Å². The van der Waals surface area contributed by atoms with Crippen molar-refractivity contribution in [1.82, 2.24) is 4.57 Å². The fraction of sp³-hybridized carbons (Fsp3) is 0.467. The number of aromatic nitrogens is 1. The van der Waals surface area contributed by atoms with Crippen molar-refractivity contribution >= 4 is 26.8 Å². The molecule has 0 amide bonds. The second-order valence-corrected chi connectivity index (χ2v) is 5.77. The molecule has 1 aromatic carbocycles. The molecular weight excluding hydrogens is 290 g/mol. The first kappa shape index (κ1) is 13.5. The molecule has 0 bridgehead atoms. The molecule has 2 aromatic rings. The Morgan fingerprint density at radius 1 is 1.28 bits per heavy atom. The zero-order valence-electron chi connectivity index (χ0n) is 11.0. The molecule has 18 heavy (non-hydrogen) atoms. The quantitative estimate of drug-likeness (QED) is 0.567. The van der Waals surface area contributed by atoms with E-state index in [-0.39, 0.29) is 0 Å². The summed E-state index contributed by atoms with van der Waals surface area (Å²) in [7, 11) is 0. The van der Waals surface area contributed by atoms with Gasteiger partial charge in [-0.05, 0) is 36.6 Å². The van der Waals surface area contributed by atoms with Gasteiger partial charge in [-0.1, -0.05) is 29.8 Å². The predicted octanol–water partition coefficient (Wildman–Crippen LogP) is 4.46. The third kappa shape index (κ3) is 3.29. The van der Waals surface area contributed by atoms with Gasteiger partial charge in [-0.2, -0.15) is 0 Å². The van der Waals surface area contributed by atoms with Crippen molar-refractivity contribution in [2.24, 2.45) is 5.92 Å². The van der Waals surface area contributed by atoms with Crippen LogP contribution in [0.3, 0.4) is 0 Å². The van der Waals surface area contributed by atoms with Crippen LogP contribution in [0.1, 0.15) is 20.3 Å². The number of alkyl halides is 1. The van der Waals surface area contributed by atoms with Crippen molar-refractivity contribution in [2.75, 3.05) is 11.9 Å². The Morgan fingerprint density at radius 2 is 2.11 bits per heavy atom. The number of rotatable bonds is 6. The monoisotopic (exact) mass is 309 g/mol. The standard InChI is InChI=1S/C15H20BrNO/c1-12(2)11-17-8-6-13-10-14(4-5-15(13)17)18-9-3-7-16/h4-6,8,10,12H,3,7,9,11H2,1-2H3. The van der Waals surface area contributed by atoms with Gasteiger partial charge in [-0.15, -0.1) is 0 Å². The van der Waals surface area contributed by atoms with Crippen LogP contribution >= 0.6 is 15.9 Å². The highest BCUT2D eigenvalue weighted by molar-refractivity contribution is 9.09. The predicted molar refractivity (Wildman–Crippen MR) is 80.7 cm³/mol. The third-order valence-corrected chi connectivity index (χ3v) is 3.41. The average molecular weight is 310 g/mol. The van der Waals surface area contributed by atoms with Gasteiger partial charge >= 0.3 is 0 Å². The smallest absolute Gasteiger partial charge is 0.120 e. The van der Waals surface area contributed by atoms with Gasteiger partial charge in [0, 0.05) is 29.0 Å². The lowest BCUT2D eigenvalue weighted by Gasteiger charge is -2.09. The van der Waals surface area contributed by atoms with E-state index < -0.39 is 0 Å². The van der Waals surface area contributed by atoms with Gasteiger partial charge in [0.15, 0.2) is 0 Å². The first-order chi connectivity index (χ1) is 8.70. The number of hydrogen-bond acceptors (Lipinski definition) is 1. The van der Waals surface area contributed by atoms with E-state index in [9.17, 15) is 0 Å². The molecule has 0 aliphatic carbocycles. The van der Waals surface area contributed by atoms with E-state index in [4.69, 9.17) is 4.74 Å². The summed E-state index contributed by atoms with van der Waals surface area (Å²) >= 11 is 3.41. The molecule has 0 aliphatic rings. The second-order valence-electron chi connectivity index (χ2n) is 4.97. The van der Waals surface area contributed by atoms with Crippen LogP contribution in [0.4, 0.5) is 0 Å².